The van der Waals surface area contributed by atoms with Gasteiger partial charge in [-0.05, 0) is 36.8 Å². The van der Waals surface area contributed by atoms with Crippen molar-refractivity contribution in [2.75, 3.05) is 7.11 Å². The number of nitrogens with one attached hydrogen (secondary N) is 1. The van der Waals surface area contributed by atoms with Gasteiger partial charge in [0.15, 0.2) is 0 Å². The van der Waals surface area contributed by atoms with E-state index in [2.05, 4.69) is 5.10 Å². The fourth-order valence-electron chi connectivity index (χ4n) is 2.34. The van der Waals surface area contributed by atoms with Crippen molar-refractivity contribution in [1.82, 2.24) is 9.78 Å². The average molecular weight is 326 g/mol. The van der Waals surface area contributed by atoms with Crippen molar-refractivity contribution >= 4 is 11.8 Å². The van der Waals surface area contributed by atoms with Crippen LogP contribution in [-0.2, 0) is 6.54 Å². The lowest BCUT2D eigenvalue weighted by Gasteiger charge is -2.04. The van der Waals surface area contributed by atoms with Gasteiger partial charge in [0.1, 0.15) is 5.75 Å². The zero-order valence-electron chi connectivity index (χ0n) is 13.1. The van der Waals surface area contributed by atoms with Crippen LogP contribution in [0, 0.1) is 6.92 Å². The first-order valence-electron chi connectivity index (χ1n) is 7.32. The van der Waals surface area contributed by atoms with Gasteiger partial charge in [0.2, 0.25) is 0 Å². The van der Waals surface area contributed by atoms with Crippen LogP contribution in [0.2, 0.25) is 0 Å². The quantitative estimate of drug-likeness (QED) is 0.778. The summed E-state index contributed by atoms with van der Waals surface area (Å²) in [5.74, 6) is 0.809. The Morgan fingerprint density at radius 1 is 1.09 bits per heavy atom. The number of ether oxygens (including phenoxy) is 1. The van der Waals surface area contributed by atoms with Gasteiger partial charge in [-0.2, -0.15) is 0 Å². The molecule has 1 heterocycles. The molecule has 0 fully saturated rings. The molecule has 0 amide bonds. The van der Waals surface area contributed by atoms with Gasteiger partial charge in [0, 0.05) is 10.6 Å². The molecule has 1 aromatic heterocycles. The largest absolute Gasteiger partial charge is 0.497 e. The SMILES string of the molecule is COc1ccc(Cn2[nH]c(C)c(Sc3ccccc3)c2=O)cc1. The molecule has 3 aromatic rings. The summed E-state index contributed by atoms with van der Waals surface area (Å²) in [6, 6.07) is 17.6. The Morgan fingerprint density at radius 3 is 2.43 bits per heavy atom. The Kier molecular flexibility index (Phi) is 4.57. The number of hydrogen-bond acceptors (Lipinski definition) is 3. The summed E-state index contributed by atoms with van der Waals surface area (Å²) in [6.45, 7) is 2.44. The number of aryl methyl sites for hydroxylation is 1. The van der Waals surface area contributed by atoms with Crippen molar-refractivity contribution in [1.29, 1.82) is 0 Å². The third-order valence-electron chi connectivity index (χ3n) is 3.55. The van der Waals surface area contributed by atoms with Crippen molar-refractivity contribution in [3.63, 3.8) is 0 Å². The van der Waals surface area contributed by atoms with Crippen molar-refractivity contribution in [2.45, 2.75) is 23.3 Å². The van der Waals surface area contributed by atoms with Crippen LogP contribution in [0.5, 0.6) is 5.75 Å². The first kappa shape index (κ1) is 15.5. The lowest BCUT2D eigenvalue weighted by Crippen LogP contribution is -2.18. The van der Waals surface area contributed by atoms with E-state index in [9.17, 15) is 4.79 Å². The normalized spacial score (nSPS) is 10.7. The molecule has 0 saturated carbocycles. The number of aromatic amines is 1. The van der Waals surface area contributed by atoms with Gasteiger partial charge in [-0.1, -0.05) is 42.1 Å². The molecular weight excluding hydrogens is 308 g/mol. The molecule has 0 aliphatic carbocycles. The number of rotatable bonds is 5. The lowest BCUT2D eigenvalue weighted by molar-refractivity contribution is 0.414. The lowest BCUT2D eigenvalue weighted by atomic mass is 10.2. The fourth-order valence-corrected chi connectivity index (χ4v) is 3.26. The Hall–Kier alpha value is -2.40. The zero-order chi connectivity index (χ0) is 16.2. The van der Waals surface area contributed by atoms with Crippen LogP contribution < -0.4 is 10.3 Å². The van der Waals surface area contributed by atoms with E-state index in [0.29, 0.717) is 6.54 Å². The second kappa shape index (κ2) is 6.79. The highest BCUT2D eigenvalue weighted by atomic mass is 32.2. The van der Waals surface area contributed by atoms with E-state index >= 15 is 0 Å². The number of methoxy groups -OCH3 is 1. The summed E-state index contributed by atoms with van der Waals surface area (Å²) in [6.07, 6.45) is 0. The predicted molar refractivity (Wildman–Crippen MR) is 92.5 cm³/mol. The second-order valence-corrected chi connectivity index (χ2v) is 6.30. The van der Waals surface area contributed by atoms with Crippen LogP contribution in [0.1, 0.15) is 11.3 Å². The minimum absolute atomic E-state index is 0.00664. The molecule has 5 heteroatoms. The molecule has 0 atom stereocenters. The summed E-state index contributed by atoms with van der Waals surface area (Å²) in [5.41, 5.74) is 1.94. The highest BCUT2D eigenvalue weighted by Gasteiger charge is 2.12. The van der Waals surface area contributed by atoms with Crippen LogP contribution in [0.3, 0.4) is 0 Å². The fraction of sp³-hybridized carbons (Fsp3) is 0.167. The van der Waals surface area contributed by atoms with E-state index in [1.54, 1.807) is 11.8 Å². The van der Waals surface area contributed by atoms with Gasteiger partial charge in [-0.3, -0.25) is 9.89 Å². The Morgan fingerprint density at radius 2 is 1.78 bits per heavy atom. The summed E-state index contributed by atoms with van der Waals surface area (Å²) in [7, 11) is 1.64. The first-order valence-corrected chi connectivity index (χ1v) is 8.14. The molecular formula is C18H18N2O2S. The second-order valence-electron chi connectivity index (χ2n) is 5.22. The van der Waals surface area contributed by atoms with Gasteiger partial charge in [0.05, 0.1) is 18.6 Å². The standard InChI is InChI=1S/C18H18N2O2S/c1-13-17(23-16-6-4-3-5-7-16)18(21)20(19-13)12-14-8-10-15(22-2)11-9-14/h3-11,19H,12H2,1-2H3. The Bertz CT molecular complexity index is 836. The molecule has 1 N–H and O–H groups in total. The topological polar surface area (TPSA) is 47.0 Å². The van der Waals surface area contributed by atoms with Crippen molar-refractivity contribution in [3.05, 3.63) is 76.2 Å². The molecule has 0 radical (unpaired) electrons. The predicted octanol–water partition coefficient (Wildman–Crippen LogP) is 3.69. The van der Waals surface area contributed by atoms with E-state index < -0.39 is 0 Å². The van der Waals surface area contributed by atoms with Gasteiger partial charge in [-0.15, -0.1) is 0 Å². The Balaban J connectivity index is 1.84. The highest BCUT2D eigenvalue weighted by Crippen LogP contribution is 2.26. The molecule has 23 heavy (non-hydrogen) atoms. The maximum absolute atomic E-state index is 12.6. The summed E-state index contributed by atoms with van der Waals surface area (Å²) >= 11 is 1.49. The monoisotopic (exact) mass is 326 g/mol. The number of aromatic nitrogens is 2. The molecule has 0 spiro atoms. The summed E-state index contributed by atoms with van der Waals surface area (Å²) in [5, 5.41) is 3.16. The third kappa shape index (κ3) is 3.51. The number of nitrogens with zero attached hydrogens (tertiary/aromatic N) is 1. The van der Waals surface area contributed by atoms with Gasteiger partial charge < -0.3 is 4.74 Å². The van der Waals surface area contributed by atoms with E-state index in [1.165, 1.54) is 11.8 Å². The molecule has 0 aliphatic rings. The first-order chi connectivity index (χ1) is 11.2. The third-order valence-corrected chi connectivity index (χ3v) is 4.74. The maximum Gasteiger partial charge on any atom is 0.281 e. The van der Waals surface area contributed by atoms with Crippen LogP contribution in [-0.4, -0.2) is 16.9 Å². The summed E-state index contributed by atoms with van der Waals surface area (Å²) < 4.78 is 6.79. The molecule has 4 nitrogen and oxygen atoms in total. The van der Waals surface area contributed by atoms with E-state index in [4.69, 9.17) is 4.74 Å². The van der Waals surface area contributed by atoms with Crippen molar-refractivity contribution in [3.8, 4) is 5.75 Å². The molecule has 0 bridgehead atoms. The molecule has 0 saturated heterocycles. The van der Waals surface area contributed by atoms with Gasteiger partial charge in [0.25, 0.3) is 5.56 Å². The van der Waals surface area contributed by atoms with Crippen LogP contribution >= 0.6 is 11.8 Å². The molecule has 3 rings (SSSR count). The molecule has 2 aromatic carbocycles. The zero-order valence-corrected chi connectivity index (χ0v) is 13.9. The molecule has 118 valence electrons. The van der Waals surface area contributed by atoms with Crippen LogP contribution in [0.25, 0.3) is 0 Å². The summed E-state index contributed by atoms with van der Waals surface area (Å²) in [4.78, 5) is 14.4. The van der Waals surface area contributed by atoms with Crippen LogP contribution in [0.4, 0.5) is 0 Å². The number of benzene rings is 2. The Labute approximate surface area is 139 Å². The average Bonchev–Trinajstić information content (AvgIpc) is 2.84. The molecule has 0 unspecified atom stereocenters. The van der Waals surface area contributed by atoms with Gasteiger partial charge in [-0.25, -0.2) is 4.68 Å². The van der Waals surface area contributed by atoms with E-state index in [1.807, 2.05) is 61.5 Å². The minimum Gasteiger partial charge on any atom is -0.497 e. The number of H-pyrrole nitrogens is 1. The van der Waals surface area contributed by atoms with Gasteiger partial charge >= 0.3 is 0 Å². The molecule has 0 aliphatic heterocycles. The van der Waals surface area contributed by atoms with Crippen molar-refractivity contribution < 1.29 is 4.74 Å². The number of hydrogen-bond donors (Lipinski definition) is 1. The van der Waals surface area contributed by atoms with E-state index in [-0.39, 0.29) is 5.56 Å². The van der Waals surface area contributed by atoms with Crippen molar-refractivity contribution in [2.24, 2.45) is 0 Å². The maximum atomic E-state index is 12.6. The van der Waals surface area contributed by atoms with E-state index in [0.717, 1.165) is 26.8 Å². The van der Waals surface area contributed by atoms with Crippen LogP contribution in [0.15, 0.2) is 69.2 Å². The highest BCUT2D eigenvalue weighted by molar-refractivity contribution is 7.99. The smallest absolute Gasteiger partial charge is 0.281 e. The minimum atomic E-state index is 0.00664.